The van der Waals surface area contributed by atoms with Crippen LogP contribution in [0.5, 0.6) is 0 Å². The molecule has 1 saturated heterocycles. The molecule has 1 aliphatic rings. The lowest BCUT2D eigenvalue weighted by Gasteiger charge is -2.26. The van der Waals surface area contributed by atoms with Gasteiger partial charge in [-0.25, -0.2) is 4.98 Å². The minimum Gasteiger partial charge on any atom is -0.464 e. The van der Waals surface area contributed by atoms with Crippen molar-refractivity contribution in [2.75, 3.05) is 32.8 Å². The third-order valence-corrected chi connectivity index (χ3v) is 5.00. The van der Waals surface area contributed by atoms with E-state index in [9.17, 15) is 0 Å². The minimum atomic E-state index is 0.339. The number of nitrogens with zero attached hydrogens (tertiary/aromatic N) is 3. The summed E-state index contributed by atoms with van der Waals surface area (Å²) in [5, 5.41) is 9.40. The molecule has 0 bridgehead atoms. The van der Waals surface area contributed by atoms with Crippen LogP contribution in [0.4, 0.5) is 0 Å². The summed E-state index contributed by atoms with van der Waals surface area (Å²) < 4.78 is 24.4. The molecule has 1 fully saturated rings. The maximum absolute atomic E-state index is 8.79. The van der Waals surface area contributed by atoms with Gasteiger partial charge in [0.25, 0.3) is 0 Å². The van der Waals surface area contributed by atoms with Crippen molar-refractivity contribution in [2.24, 2.45) is 0 Å². The van der Waals surface area contributed by atoms with Gasteiger partial charge in [-0.15, -0.1) is 0 Å². The summed E-state index contributed by atoms with van der Waals surface area (Å²) in [7, 11) is 0. The Morgan fingerprint density at radius 3 is 2.46 bits per heavy atom. The second-order valence-electron chi connectivity index (χ2n) is 6.68. The fraction of sp³-hybridized carbons (Fsp3) is 0.300. The van der Waals surface area contributed by atoms with E-state index >= 15 is 0 Å². The number of aromatic nitrogens is 2. The molecule has 0 atom stereocenters. The highest BCUT2D eigenvalue weighted by Gasteiger charge is 2.24. The highest BCUT2D eigenvalue weighted by molar-refractivity contribution is 5.97. The lowest BCUT2D eigenvalue weighted by molar-refractivity contribution is 0.0362. The van der Waals surface area contributed by atoms with Crippen LogP contribution in [0.15, 0.2) is 56.4 Å². The van der Waals surface area contributed by atoms with Gasteiger partial charge in [0.2, 0.25) is 5.71 Å². The van der Waals surface area contributed by atoms with E-state index in [4.69, 9.17) is 23.4 Å². The molecule has 0 aliphatic carbocycles. The smallest absolute Gasteiger partial charge is 0.232 e. The van der Waals surface area contributed by atoms with Crippen molar-refractivity contribution < 1.29 is 18.0 Å². The molecule has 0 unspecified atom stereocenters. The van der Waals surface area contributed by atoms with E-state index in [-0.39, 0.29) is 0 Å². The SMILES string of the molecule is N=c1c2c(-c3ccco3)c(-c3ccco3)oc2ncn1CCN1CCOCC1. The van der Waals surface area contributed by atoms with Crippen LogP contribution in [0.3, 0.4) is 0 Å². The molecule has 28 heavy (non-hydrogen) atoms. The van der Waals surface area contributed by atoms with E-state index < -0.39 is 0 Å². The number of nitrogens with one attached hydrogen (secondary N) is 1. The molecule has 0 aromatic carbocycles. The Balaban J connectivity index is 1.59. The zero-order valence-corrected chi connectivity index (χ0v) is 15.3. The van der Waals surface area contributed by atoms with Crippen molar-refractivity contribution in [3.63, 3.8) is 0 Å². The Labute approximate surface area is 160 Å². The molecule has 0 saturated carbocycles. The van der Waals surface area contributed by atoms with Gasteiger partial charge in [0.15, 0.2) is 11.5 Å². The predicted octanol–water partition coefficient (Wildman–Crippen LogP) is 2.96. The Morgan fingerprint density at radius 1 is 1.00 bits per heavy atom. The van der Waals surface area contributed by atoms with E-state index in [1.165, 1.54) is 0 Å². The number of hydrogen-bond acceptors (Lipinski definition) is 7. The molecule has 8 nitrogen and oxygen atoms in total. The van der Waals surface area contributed by atoms with Gasteiger partial charge in [-0.3, -0.25) is 10.3 Å². The van der Waals surface area contributed by atoms with Crippen molar-refractivity contribution in [2.45, 2.75) is 6.54 Å². The van der Waals surface area contributed by atoms with Crippen molar-refractivity contribution in [3.05, 3.63) is 48.6 Å². The molecular formula is C20H20N4O4. The molecule has 4 aromatic heterocycles. The van der Waals surface area contributed by atoms with Gasteiger partial charge in [-0.05, 0) is 24.3 Å². The molecule has 0 radical (unpaired) electrons. The van der Waals surface area contributed by atoms with Crippen LogP contribution >= 0.6 is 0 Å². The molecule has 5 heterocycles. The highest BCUT2D eigenvalue weighted by atomic mass is 16.5. The monoisotopic (exact) mass is 380 g/mol. The Morgan fingerprint density at radius 2 is 1.75 bits per heavy atom. The van der Waals surface area contributed by atoms with Gasteiger partial charge >= 0.3 is 0 Å². The van der Waals surface area contributed by atoms with Crippen LogP contribution in [0.25, 0.3) is 33.9 Å². The van der Waals surface area contributed by atoms with Crippen molar-refractivity contribution in [1.82, 2.24) is 14.5 Å². The molecule has 8 heteroatoms. The average molecular weight is 380 g/mol. The van der Waals surface area contributed by atoms with Crippen LogP contribution in [0.2, 0.25) is 0 Å². The number of hydrogen-bond donors (Lipinski definition) is 1. The van der Waals surface area contributed by atoms with Gasteiger partial charge < -0.3 is 22.6 Å². The van der Waals surface area contributed by atoms with E-state index in [0.717, 1.165) is 32.8 Å². The first-order chi connectivity index (χ1) is 13.8. The summed E-state index contributed by atoms with van der Waals surface area (Å²) in [6.07, 6.45) is 4.85. The first-order valence-corrected chi connectivity index (χ1v) is 9.25. The summed E-state index contributed by atoms with van der Waals surface area (Å²) >= 11 is 0. The summed E-state index contributed by atoms with van der Waals surface area (Å²) in [5.41, 5.74) is 1.42. The van der Waals surface area contributed by atoms with Crippen LogP contribution in [0, 0.1) is 5.41 Å². The number of fused-ring (bicyclic) bond motifs is 1. The Bertz CT molecular complexity index is 1120. The number of morpholine rings is 1. The molecular weight excluding hydrogens is 360 g/mol. The lowest BCUT2D eigenvalue weighted by atomic mass is 10.1. The third-order valence-electron chi connectivity index (χ3n) is 5.00. The van der Waals surface area contributed by atoms with Gasteiger partial charge in [-0.2, -0.15) is 0 Å². The molecule has 0 amide bonds. The fourth-order valence-electron chi connectivity index (χ4n) is 3.53. The highest BCUT2D eigenvalue weighted by Crippen LogP contribution is 2.38. The van der Waals surface area contributed by atoms with Gasteiger partial charge in [0.1, 0.15) is 17.6 Å². The standard InChI is InChI=1S/C20H20N4O4/c21-19-17-16(14-3-1-9-26-14)18(15-4-2-10-27-15)28-20(17)22-13-24(19)6-5-23-7-11-25-12-8-23/h1-4,9-10,13,21H,5-8,11-12H2. The predicted molar refractivity (Wildman–Crippen MR) is 101 cm³/mol. The van der Waals surface area contributed by atoms with Crippen LogP contribution in [-0.4, -0.2) is 47.3 Å². The van der Waals surface area contributed by atoms with Gasteiger partial charge in [0.05, 0.1) is 36.7 Å². The molecule has 1 N–H and O–H groups in total. The first-order valence-electron chi connectivity index (χ1n) is 9.25. The van der Waals surface area contributed by atoms with E-state index in [2.05, 4.69) is 9.88 Å². The normalized spacial score (nSPS) is 15.4. The van der Waals surface area contributed by atoms with Crippen molar-refractivity contribution >= 4 is 11.1 Å². The minimum absolute atomic E-state index is 0.339. The van der Waals surface area contributed by atoms with Crippen molar-refractivity contribution in [1.29, 1.82) is 5.41 Å². The molecule has 0 spiro atoms. The first kappa shape index (κ1) is 17.0. The number of ether oxygens (including phenoxy) is 1. The third kappa shape index (κ3) is 2.96. The number of furan rings is 3. The molecule has 5 rings (SSSR count). The summed E-state index contributed by atoms with van der Waals surface area (Å²) in [4.78, 5) is 6.79. The van der Waals surface area contributed by atoms with Gasteiger partial charge in [-0.1, -0.05) is 0 Å². The zero-order chi connectivity index (χ0) is 18.9. The quantitative estimate of drug-likeness (QED) is 0.572. The molecule has 4 aromatic rings. The largest absolute Gasteiger partial charge is 0.464 e. The maximum Gasteiger partial charge on any atom is 0.232 e. The van der Waals surface area contributed by atoms with Gasteiger partial charge in [0, 0.05) is 26.2 Å². The van der Waals surface area contributed by atoms with E-state index in [0.29, 0.717) is 46.0 Å². The Kier molecular flexibility index (Phi) is 4.34. The number of rotatable bonds is 5. The summed E-state index contributed by atoms with van der Waals surface area (Å²) in [6.45, 7) is 4.84. The van der Waals surface area contributed by atoms with Crippen LogP contribution < -0.4 is 5.49 Å². The fourth-order valence-corrected chi connectivity index (χ4v) is 3.53. The lowest BCUT2D eigenvalue weighted by Crippen LogP contribution is -2.39. The van der Waals surface area contributed by atoms with Crippen molar-refractivity contribution in [3.8, 4) is 22.8 Å². The Hall–Kier alpha value is -3.10. The van der Waals surface area contributed by atoms with E-state index in [1.807, 2.05) is 22.8 Å². The average Bonchev–Trinajstić information content (AvgIpc) is 3.47. The summed E-state index contributed by atoms with van der Waals surface area (Å²) in [5.74, 6) is 1.71. The zero-order valence-electron chi connectivity index (χ0n) is 15.3. The second-order valence-corrected chi connectivity index (χ2v) is 6.68. The van der Waals surface area contributed by atoms with E-state index in [1.54, 1.807) is 24.9 Å². The molecule has 1 aliphatic heterocycles. The topological polar surface area (TPSA) is 93.6 Å². The second kappa shape index (κ2) is 7.14. The maximum atomic E-state index is 8.79. The molecule has 144 valence electrons. The van der Waals surface area contributed by atoms with Crippen LogP contribution in [-0.2, 0) is 11.3 Å². The van der Waals surface area contributed by atoms with Crippen LogP contribution in [0.1, 0.15) is 0 Å². The summed E-state index contributed by atoms with van der Waals surface area (Å²) in [6, 6.07) is 7.28.